The molecule has 0 saturated heterocycles. The van der Waals surface area contributed by atoms with Crippen LogP contribution < -0.4 is 5.73 Å². The van der Waals surface area contributed by atoms with Crippen molar-refractivity contribution in [1.29, 1.82) is 0 Å². The first-order valence-electron chi connectivity index (χ1n) is 6.81. The van der Waals surface area contributed by atoms with E-state index in [1.54, 1.807) is 36.8 Å². The van der Waals surface area contributed by atoms with E-state index < -0.39 is 5.91 Å². The van der Waals surface area contributed by atoms with Gasteiger partial charge in [0.2, 0.25) is 0 Å². The molecule has 1 rings (SSSR count). The monoisotopic (exact) mass is 310 g/mol. The summed E-state index contributed by atoms with van der Waals surface area (Å²) in [6.07, 6.45) is 22.9. The van der Waals surface area contributed by atoms with Crippen molar-refractivity contribution in [1.82, 2.24) is 0 Å². The SMILES string of the molecule is NC(=O)/C1=C/C=C\C=C/OC\C=C/C=C\C=N\C=C/N=CC=N1. The Kier molecular flexibility index (Phi) is 9.63. The summed E-state index contributed by atoms with van der Waals surface area (Å²) >= 11 is 0. The molecule has 1 aliphatic rings. The topological polar surface area (TPSA) is 89.4 Å². The number of carbonyl (C=O) groups is 1. The standard InChI is InChI=1S/C17H18N4O2/c18-17(22)16-8-4-3-7-15-23-14-6-2-1-5-9-19-10-11-20-12-13-21-16/h1-13,15H,14H2,(H2,18,22)/b4-3-,5-1-,6-2-,11-10-,15-7-,16-8-,19-9+,20-12?,21-13?. The molecule has 1 heterocycles. The third kappa shape index (κ3) is 10.1. The lowest BCUT2D eigenvalue weighted by Crippen LogP contribution is -2.12. The number of rotatable bonds is 1. The van der Waals surface area contributed by atoms with Crippen LogP contribution in [0.5, 0.6) is 0 Å². The van der Waals surface area contributed by atoms with Gasteiger partial charge in [-0.15, -0.1) is 0 Å². The Morgan fingerprint density at radius 3 is 2.57 bits per heavy atom. The lowest BCUT2D eigenvalue weighted by Gasteiger charge is -1.92. The van der Waals surface area contributed by atoms with Gasteiger partial charge < -0.3 is 10.5 Å². The predicted molar refractivity (Wildman–Crippen MR) is 94.4 cm³/mol. The van der Waals surface area contributed by atoms with Crippen LogP contribution in [0.3, 0.4) is 0 Å². The Bertz CT molecular complexity index is 633. The summed E-state index contributed by atoms with van der Waals surface area (Å²) in [5, 5.41) is 0. The fraction of sp³-hybridized carbons (Fsp3) is 0.0588. The first-order chi connectivity index (χ1) is 11.3. The summed E-state index contributed by atoms with van der Waals surface area (Å²) in [6.45, 7) is 0.451. The number of nitrogens with two attached hydrogens (primary N) is 1. The molecular formula is C17H18N4O2. The molecule has 0 aromatic carbocycles. The highest BCUT2D eigenvalue weighted by atomic mass is 16.5. The third-order valence-corrected chi connectivity index (χ3v) is 2.23. The Hall–Kier alpha value is -3.28. The molecule has 6 nitrogen and oxygen atoms in total. The number of nitrogens with zero attached hydrogens (tertiary/aromatic N) is 3. The predicted octanol–water partition coefficient (Wildman–Crippen LogP) is 2.25. The second-order valence-corrected chi connectivity index (χ2v) is 3.95. The summed E-state index contributed by atoms with van der Waals surface area (Å²) in [5.74, 6) is -0.626. The van der Waals surface area contributed by atoms with Crippen LogP contribution in [-0.2, 0) is 9.53 Å². The lowest BCUT2D eigenvalue weighted by molar-refractivity contribution is -0.114. The first-order valence-corrected chi connectivity index (χ1v) is 6.81. The van der Waals surface area contributed by atoms with Crippen LogP contribution in [0.2, 0.25) is 0 Å². The van der Waals surface area contributed by atoms with Crippen LogP contribution in [0.15, 0.2) is 87.9 Å². The van der Waals surface area contributed by atoms with Gasteiger partial charge >= 0.3 is 0 Å². The lowest BCUT2D eigenvalue weighted by atomic mass is 10.3. The zero-order valence-corrected chi connectivity index (χ0v) is 12.5. The van der Waals surface area contributed by atoms with E-state index in [0.717, 1.165) is 0 Å². The molecule has 1 aliphatic heterocycles. The number of ether oxygens (including phenoxy) is 1. The van der Waals surface area contributed by atoms with Crippen molar-refractivity contribution in [3.63, 3.8) is 0 Å². The van der Waals surface area contributed by atoms with Crippen molar-refractivity contribution >= 4 is 24.6 Å². The maximum absolute atomic E-state index is 11.2. The highest BCUT2D eigenvalue weighted by Gasteiger charge is 1.98. The minimum absolute atomic E-state index is 0.117. The maximum Gasteiger partial charge on any atom is 0.267 e. The number of hydrogen-bond donors (Lipinski definition) is 1. The van der Waals surface area contributed by atoms with Crippen LogP contribution in [0.1, 0.15) is 0 Å². The van der Waals surface area contributed by atoms with Gasteiger partial charge in [-0.2, -0.15) is 0 Å². The van der Waals surface area contributed by atoms with Gasteiger partial charge in [0.25, 0.3) is 5.91 Å². The molecule has 0 aromatic rings. The fourth-order valence-corrected chi connectivity index (χ4v) is 1.24. The van der Waals surface area contributed by atoms with Gasteiger partial charge in [-0.25, -0.2) is 4.99 Å². The molecular weight excluding hydrogens is 292 g/mol. The Morgan fingerprint density at radius 1 is 0.957 bits per heavy atom. The molecule has 0 aliphatic carbocycles. The van der Waals surface area contributed by atoms with Gasteiger partial charge in [-0.3, -0.25) is 14.8 Å². The smallest absolute Gasteiger partial charge is 0.267 e. The van der Waals surface area contributed by atoms with E-state index in [0.29, 0.717) is 6.61 Å². The summed E-state index contributed by atoms with van der Waals surface area (Å²) < 4.78 is 5.23. The molecule has 6 heteroatoms. The number of primary amides is 1. The number of hydrogen-bond acceptors (Lipinski definition) is 5. The van der Waals surface area contributed by atoms with E-state index in [-0.39, 0.29) is 5.70 Å². The molecule has 0 fully saturated rings. The van der Waals surface area contributed by atoms with Crippen molar-refractivity contribution < 1.29 is 9.53 Å². The minimum atomic E-state index is -0.626. The van der Waals surface area contributed by atoms with Crippen LogP contribution in [0.4, 0.5) is 0 Å². The molecule has 0 spiro atoms. The van der Waals surface area contributed by atoms with Gasteiger partial charge in [-0.1, -0.05) is 24.3 Å². The summed E-state index contributed by atoms with van der Waals surface area (Å²) in [6, 6.07) is 0. The molecule has 23 heavy (non-hydrogen) atoms. The maximum atomic E-state index is 11.2. The summed E-state index contributed by atoms with van der Waals surface area (Å²) in [7, 11) is 0. The van der Waals surface area contributed by atoms with Gasteiger partial charge in [0, 0.05) is 31.0 Å². The van der Waals surface area contributed by atoms with E-state index in [1.165, 1.54) is 30.9 Å². The van der Waals surface area contributed by atoms with E-state index in [4.69, 9.17) is 10.5 Å². The van der Waals surface area contributed by atoms with Gasteiger partial charge in [0.05, 0.1) is 6.26 Å². The zero-order valence-electron chi connectivity index (χ0n) is 12.5. The molecule has 0 unspecified atom stereocenters. The van der Waals surface area contributed by atoms with Gasteiger partial charge in [0.15, 0.2) is 0 Å². The second-order valence-electron chi connectivity index (χ2n) is 3.95. The van der Waals surface area contributed by atoms with E-state index in [9.17, 15) is 4.79 Å². The fourth-order valence-electron chi connectivity index (χ4n) is 1.24. The zero-order chi connectivity index (χ0) is 16.6. The first kappa shape index (κ1) is 17.8. The van der Waals surface area contributed by atoms with E-state index in [1.807, 2.05) is 18.2 Å². The molecule has 118 valence electrons. The number of allylic oxidation sites excluding steroid dienone is 7. The molecule has 0 radical (unpaired) electrons. The number of aliphatic imine (C=N–C) groups is 3. The molecule has 0 saturated carbocycles. The van der Waals surface area contributed by atoms with E-state index >= 15 is 0 Å². The minimum Gasteiger partial charge on any atom is -0.497 e. The molecule has 0 bridgehead atoms. The average Bonchev–Trinajstić information content (AvgIpc) is 2.53. The van der Waals surface area contributed by atoms with E-state index in [2.05, 4.69) is 15.0 Å². The molecule has 0 aromatic heterocycles. The van der Waals surface area contributed by atoms with Crippen molar-refractivity contribution in [3.8, 4) is 0 Å². The number of amides is 1. The Labute approximate surface area is 135 Å². The molecule has 2 N–H and O–H groups in total. The normalized spacial score (nSPS) is 26.7. The van der Waals surface area contributed by atoms with Crippen molar-refractivity contribution in [2.24, 2.45) is 20.7 Å². The largest absolute Gasteiger partial charge is 0.497 e. The number of carbonyl (C=O) groups excluding carboxylic acids is 1. The quantitative estimate of drug-likeness (QED) is 0.805. The Balaban J connectivity index is 2.83. The van der Waals surface area contributed by atoms with Crippen LogP contribution in [-0.4, -0.2) is 31.2 Å². The highest BCUT2D eigenvalue weighted by molar-refractivity contribution is 6.17. The molecule has 1 amide bonds. The van der Waals surface area contributed by atoms with Crippen molar-refractivity contribution in [2.75, 3.05) is 6.61 Å². The summed E-state index contributed by atoms with van der Waals surface area (Å²) in [4.78, 5) is 23.1. The average molecular weight is 310 g/mol. The third-order valence-electron chi connectivity index (χ3n) is 2.23. The van der Waals surface area contributed by atoms with Crippen LogP contribution in [0, 0.1) is 0 Å². The van der Waals surface area contributed by atoms with Crippen molar-refractivity contribution in [3.05, 3.63) is 73.0 Å². The van der Waals surface area contributed by atoms with Gasteiger partial charge in [-0.05, 0) is 24.3 Å². The molecule has 0 atom stereocenters. The van der Waals surface area contributed by atoms with Crippen LogP contribution in [0.25, 0.3) is 0 Å². The second kappa shape index (κ2) is 12.5. The Morgan fingerprint density at radius 2 is 1.74 bits per heavy atom. The van der Waals surface area contributed by atoms with Crippen LogP contribution >= 0.6 is 0 Å². The van der Waals surface area contributed by atoms with Gasteiger partial charge in [0.1, 0.15) is 12.3 Å². The highest BCUT2D eigenvalue weighted by Crippen LogP contribution is 1.95. The summed E-state index contributed by atoms with van der Waals surface area (Å²) in [5.41, 5.74) is 5.35. The van der Waals surface area contributed by atoms with Crippen molar-refractivity contribution in [2.45, 2.75) is 0 Å².